The first kappa shape index (κ1) is 11.0. The lowest BCUT2D eigenvalue weighted by Gasteiger charge is -1.85. The van der Waals surface area contributed by atoms with Gasteiger partial charge in [-0.15, -0.1) is 11.6 Å². The average molecular weight is 155 g/mol. The van der Waals surface area contributed by atoms with Gasteiger partial charge in [0.1, 0.15) is 0 Å². The van der Waals surface area contributed by atoms with Gasteiger partial charge >= 0.3 is 0 Å². The monoisotopic (exact) mass is 154 g/mol. The first-order chi connectivity index (χ1) is 3.68. The molecule has 0 aromatic rings. The van der Waals surface area contributed by atoms with Crippen LogP contribution < -0.4 is 0 Å². The van der Waals surface area contributed by atoms with Crippen LogP contribution in [0.5, 0.6) is 0 Å². The van der Waals surface area contributed by atoms with Gasteiger partial charge in [0, 0.05) is 12.8 Å². The summed E-state index contributed by atoms with van der Waals surface area (Å²) in [5.41, 5.74) is 0. The fourth-order valence-corrected chi connectivity index (χ4v) is 0. The molecule has 0 saturated carbocycles. The quantitative estimate of drug-likeness (QED) is 0.391. The normalized spacial score (nSPS) is 6.50. The number of rotatable bonds is 0. The summed E-state index contributed by atoms with van der Waals surface area (Å²) in [5.74, 6) is 0.722. The zero-order chi connectivity index (χ0) is 6.99. The van der Waals surface area contributed by atoms with E-state index in [1.54, 1.807) is 14.0 Å². The fourth-order valence-electron chi connectivity index (χ4n) is 0. The van der Waals surface area contributed by atoms with E-state index in [0.29, 0.717) is 5.05 Å². The second-order valence-corrected chi connectivity index (χ2v) is 2.07. The second kappa shape index (κ2) is 10.2. The van der Waals surface area contributed by atoms with Gasteiger partial charge in [0.15, 0.2) is 5.05 Å². The maximum absolute atomic E-state index is 5.00. The standard InChI is InChI=1S/C3H6OS.C2H5Cl/c1-3(5)4-2;1-2-3/h1-2H3;2H2,1H3. The van der Waals surface area contributed by atoms with Crippen LogP contribution in [0.3, 0.4) is 0 Å². The van der Waals surface area contributed by atoms with Gasteiger partial charge in [-0.1, -0.05) is 6.92 Å². The molecule has 8 heavy (non-hydrogen) atoms. The molecule has 0 bridgehead atoms. The Morgan fingerprint density at radius 3 is 1.88 bits per heavy atom. The smallest absolute Gasteiger partial charge is 0.156 e. The maximum Gasteiger partial charge on any atom is 0.156 e. The lowest BCUT2D eigenvalue weighted by molar-refractivity contribution is 0.411. The van der Waals surface area contributed by atoms with Crippen molar-refractivity contribution in [2.45, 2.75) is 13.8 Å². The van der Waals surface area contributed by atoms with Crippen LogP contribution in [0.2, 0.25) is 0 Å². The molecule has 50 valence electrons. The first-order valence-electron chi connectivity index (χ1n) is 2.29. The highest BCUT2D eigenvalue weighted by Gasteiger charge is 1.69. The zero-order valence-electron chi connectivity index (χ0n) is 5.40. The molecule has 0 fully saturated rings. The summed E-state index contributed by atoms with van der Waals surface area (Å²) in [6.07, 6.45) is 0. The van der Waals surface area contributed by atoms with Gasteiger partial charge in [0.05, 0.1) is 7.11 Å². The van der Waals surface area contributed by atoms with E-state index in [0.717, 1.165) is 5.88 Å². The van der Waals surface area contributed by atoms with Gasteiger partial charge in [0.2, 0.25) is 0 Å². The van der Waals surface area contributed by atoms with E-state index in [-0.39, 0.29) is 0 Å². The topological polar surface area (TPSA) is 9.23 Å². The van der Waals surface area contributed by atoms with Gasteiger partial charge in [0.25, 0.3) is 0 Å². The minimum atomic E-state index is 0.588. The van der Waals surface area contributed by atoms with Gasteiger partial charge in [-0.05, 0) is 12.2 Å². The van der Waals surface area contributed by atoms with Gasteiger partial charge in [-0.25, -0.2) is 0 Å². The van der Waals surface area contributed by atoms with E-state index in [9.17, 15) is 0 Å². The first-order valence-corrected chi connectivity index (χ1v) is 3.23. The van der Waals surface area contributed by atoms with Crippen LogP contribution in [0, 0.1) is 0 Å². The Morgan fingerprint density at radius 1 is 1.75 bits per heavy atom. The summed E-state index contributed by atoms with van der Waals surface area (Å²) in [5, 5.41) is 0.588. The van der Waals surface area contributed by atoms with Crippen LogP contribution in [-0.2, 0) is 4.74 Å². The number of hydrogen-bond donors (Lipinski definition) is 0. The Bertz CT molecular complexity index is 56.4. The van der Waals surface area contributed by atoms with Crippen LogP contribution in [0.4, 0.5) is 0 Å². The van der Waals surface area contributed by atoms with Crippen molar-refractivity contribution in [3.8, 4) is 0 Å². The Kier molecular flexibility index (Phi) is 14.1. The van der Waals surface area contributed by atoms with Crippen molar-refractivity contribution in [2.24, 2.45) is 0 Å². The van der Waals surface area contributed by atoms with Crippen LogP contribution in [-0.4, -0.2) is 18.0 Å². The third kappa shape index (κ3) is 34.9. The molecule has 0 aliphatic heterocycles. The molecule has 3 heteroatoms. The molecule has 0 aliphatic rings. The Morgan fingerprint density at radius 2 is 1.88 bits per heavy atom. The van der Waals surface area contributed by atoms with Crippen LogP contribution in [0.15, 0.2) is 0 Å². The lowest BCUT2D eigenvalue weighted by Crippen LogP contribution is -1.84. The maximum atomic E-state index is 5.00. The molecular formula is C5H11ClOS. The van der Waals surface area contributed by atoms with Crippen molar-refractivity contribution in [3.63, 3.8) is 0 Å². The summed E-state index contributed by atoms with van der Waals surface area (Å²) in [6, 6.07) is 0. The number of halogens is 1. The number of alkyl halides is 1. The number of hydrogen-bond acceptors (Lipinski definition) is 2. The SMILES string of the molecule is CCCl.COC(C)=S. The van der Waals surface area contributed by atoms with Crippen molar-refractivity contribution in [2.75, 3.05) is 13.0 Å². The molecule has 0 aliphatic carbocycles. The number of methoxy groups -OCH3 is 1. The van der Waals surface area contributed by atoms with Gasteiger partial charge in [-0.3, -0.25) is 0 Å². The van der Waals surface area contributed by atoms with E-state index in [1.165, 1.54) is 0 Å². The van der Waals surface area contributed by atoms with Crippen molar-refractivity contribution < 1.29 is 4.74 Å². The van der Waals surface area contributed by atoms with E-state index in [4.69, 9.17) is 11.6 Å². The average Bonchev–Trinajstić information content (AvgIpc) is 1.69. The van der Waals surface area contributed by atoms with Gasteiger partial charge < -0.3 is 4.74 Å². The number of ether oxygens (including phenoxy) is 1. The molecule has 0 N–H and O–H groups in total. The molecule has 0 radical (unpaired) electrons. The van der Waals surface area contributed by atoms with E-state index >= 15 is 0 Å². The Balaban J connectivity index is 0. The predicted molar refractivity (Wildman–Crippen MR) is 41.7 cm³/mol. The number of thiocarbonyl (C=S) groups is 1. The molecule has 0 atom stereocenters. The summed E-state index contributed by atoms with van der Waals surface area (Å²) in [7, 11) is 1.56. The van der Waals surface area contributed by atoms with Crippen molar-refractivity contribution in [1.82, 2.24) is 0 Å². The summed E-state index contributed by atoms with van der Waals surface area (Å²) in [4.78, 5) is 0. The largest absolute Gasteiger partial charge is 0.491 e. The Labute approximate surface area is 61.0 Å². The van der Waals surface area contributed by atoms with E-state index < -0.39 is 0 Å². The zero-order valence-corrected chi connectivity index (χ0v) is 6.97. The third-order valence-electron chi connectivity index (χ3n) is 0.287. The van der Waals surface area contributed by atoms with Crippen LogP contribution >= 0.6 is 23.8 Å². The highest BCUT2D eigenvalue weighted by atomic mass is 35.5. The molecule has 0 unspecified atom stereocenters. The third-order valence-corrected chi connectivity index (χ3v) is 0.454. The summed E-state index contributed by atoms with van der Waals surface area (Å²) in [6.45, 7) is 3.62. The van der Waals surface area contributed by atoms with E-state index in [1.807, 2.05) is 6.92 Å². The highest BCUT2D eigenvalue weighted by molar-refractivity contribution is 7.80. The summed E-state index contributed by atoms with van der Waals surface area (Å²) >= 11 is 9.47. The molecule has 1 nitrogen and oxygen atoms in total. The minimum Gasteiger partial charge on any atom is -0.491 e. The molecule has 0 aromatic carbocycles. The lowest BCUT2D eigenvalue weighted by atomic mass is 10.9. The molecule has 0 aromatic heterocycles. The molecule has 0 heterocycles. The minimum absolute atomic E-state index is 0.588. The van der Waals surface area contributed by atoms with Crippen molar-refractivity contribution >= 4 is 28.9 Å². The van der Waals surface area contributed by atoms with Gasteiger partial charge in [-0.2, -0.15) is 0 Å². The summed E-state index contributed by atoms with van der Waals surface area (Å²) < 4.78 is 4.48. The van der Waals surface area contributed by atoms with Crippen molar-refractivity contribution in [3.05, 3.63) is 0 Å². The Hall–Kier alpha value is 0.180. The molecule has 0 rings (SSSR count). The molecule has 0 amide bonds. The van der Waals surface area contributed by atoms with Crippen LogP contribution in [0.25, 0.3) is 0 Å². The highest BCUT2D eigenvalue weighted by Crippen LogP contribution is 1.68. The second-order valence-electron chi connectivity index (χ2n) is 0.963. The fraction of sp³-hybridized carbons (Fsp3) is 0.800. The molecule has 0 saturated heterocycles. The molecular weight excluding hydrogens is 144 g/mol. The van der Waals surface area contributed by atoms with Crippen molar-refractivity contribution in [1.29, 1.82) is 0 Å². The molecule has 0 spiro atoms. The predicted octanol–water partition coefficient (Wildman–Crippen LogP) is 2.23. The van der Waals surface area contributed by atoms with Crippen LogP contribution in [0.1, 0.15) is 13.8 Å². The van der Waals surface area contributed by atoms with E-state index in [2.05, 4.69) is 17.0 Å².